The minimum absolute atomic E-state index is 0.0923. The summed E-state index contributed by atoms with van der Waals surface area (Å²) in [6.45, 7) is 3.13. The third kappa shape index (κ3) is 3.67. The number of aryl methyl sites for hydroxylation is 2. The summed E-state index contributed by atoms with van der Waals surface area (Å²) in [6, 6.07) is 7.26. The standard InChI is InChI=1S/C14H12ClFINO2S/c1-8-5-11(16)6-9(2)14(8)21(19,20)18-13-4-3-10(15)7-12(13)17/h3-7,18H,1-2H3. The summed E-state index contributed by atoms with van der Waals surface area (Å²) in [4.78, 5) is 0.0923. The monoisotopic (exact) mass is 439 g/mol. The van der Waals surface area contributed by atoms with Gasteiger partial charge >= 0.3 is 0 Å². The molecule has 0 saturated carbocycles. The largest absolute Gasteiger partial charge is 0.279 e. The van der Waals surface area contributed by atoms with Crippen molar-refractivity contribution in [3.05, 3.63) is 55.9 Å². The lowest BCUT2D eigenvalue weighted by atomic mass is 10.1. The van der Waals surface area contributed by atoms with E-state index in [1.165, 1.54) is 12.1 Å². The highest BCUT2D eigenvalue weighted by molar-refractivity contribution is 14.1. The Bertz CT molecular complexity index is 786. The molecule has 112 valence electrons. The molecule has 2 aromatic carbocycles. The van der Waals surface area contributed by atoms with Crippen LogP contribution in [0.1, 0.15) is 11.1 Å². The third-order valence-electron chi connectivity index (χ3n) is 2.87. The molecule has 0 atom stereocenters. The van der Waals surface area contributed by atoms with E-state index >= 15 is 0 Å². The van der Waals surface area contributed by atoms with Crippen molar-refractivity contribution in [2.45, 2.75) is 18.7 Å². The summed E-state index contributed by atoms with van der Waals surface area (Å²) in [5, 5.41) is 0.525. The van der Waals surface area contributed by atoms with Crippen molar-refractivity contribution >= 4 is 49.9 Å². The molecule has 0 spiro atoms. The zero-order valence-corrected chi connectivity index (χ0v) is 15.0. The minimum Gasteiger partial charge on any atom is -0.279 e. The molecular weight excluding hydrogens is 428 g/mol. The van der Waals surface area contributed by atoms with Crippen LogP contribution in [0.3, 0.4) is 0 Å². The van der Waals surface area contributed by atoms with Gasteiger partial charge in [-0.1, -0.05) is 11.6 Å². The van der Waals surface area contributed by atoms with E-state index < -0.39 is 15.8 Å². The smallest absolute Gasteiger partial charge is 0.262 e. The van der Waals surface area contributed by atoms with Gasteiger partial charge in [0.2, 0.25) is 0 Å². The van der Waals surface area contributed by atoms with Gasteiger partial charge < -0.3 is 0 Å². The Labute approximate surface area is 141 Å². The summed E-state index contributed by atoms with van der Waals surface area (Å²) < 4.78 is 41.5. The average molecular weight is 440 g/mol. The molecule has 0 saturated heterocycles. The molecule has 0 bridgehead atoms. The van der Waals surface area contributed by atoms with Crippen molar-refractivity contribution in [1.29, 1.82) is 0 Å². The molecular formula is C14H12ClFINO2S. The lowest BCUT2D eigenvalue weighted by molar-refractivity contribution is 0.597. The Morgan fingerprint density at radius 3 is 2.24 bits per heavy atom. The molecule has 0 fully saturated rings. The van der Waals surface area contributed by atoms with Gasteiger partial charge in [-0.2, -0.15) is 0 Å². The Hall–Kier alpha value is -0.860. The quantitative estimate of drug-likeness (QED) is 0.716. The second kappa shape index (κ2) is 6.10. The van der Waals surface area contributed by atoms with E-state index in [2.05, 4.69) is 4.72 Å². The number of hydrogen-bond acceptors (Lipinski definition) is 2. The zero-order valence-electron chi connectivity index (χ0n) is 11.2. The SMILES string of the molecule is Cc1cc(F)cc(C)c1S(=O)(=O)Nc1ccc(Cl)cc1I. The van der Waals surface area contributed by atoms with Crippen molar-refractivity contribution in [3.8, 4) is 0 Å². The zero-order chi connectivity index (χ0) is 15.8. The molecule has 0 amide bonds. The molecule has 0 heterocycles. The van der Waals surface area contributed by atoms with Gasteiger partial charge in [-0.05, 0) is 77.9 Å². The van der Waals surface area contributed by atoms with Gasteiger partial charge in [-0.25, -0.2) is 12.8 Å². The van der Waals surface area contributed by atoms with Crippen molar-refractivity contribution in [3.63, 3.8) is 0 Å². The van der Waals surface area contributed by atoms with Crippen LogP contribution in [0.5, 0.6) is 0 Å². The lowest BCUT2D eigenvalue weighted by Crippen LogP contribution is -2.16. The maximum absolute atomic E-state index is 13.3. The van der Waals surface area contributed by atoms with Gasteiger partial charge in [0.15, 0.2) is 0 Å². The molecule has 7 heteroatoms. The van der Waals surface area contributed by atoms with Gasteiger partial charge in [0.05, 0.1) is 10.6 Å². The van der Waals surface area contributed by atoms with Gasteiger partial charge in [0, 0.05) is 8.59 Å². The predicted octanol–water partition coefficient (Wildman–Crippen LogP) is 4.50. The van der Waals surface area contributed by atoms with E-state index in [9.17, 15) is 12.8 Å². The van der Waals surface area contributed by atoms with Crippen molar-refractivity contribution in [2.75, 3.05) is 4.72 Å². The van der Waals surface area contributed by atoms with Crippen LogP contribution in [0.4, 0.5) is 10.1 Å². The first-order chi connectivity index (χ1) is 9.70. The van der Waals surface area contributed by atoms with Crippen LogP contribution in [0.2, 0.25) is 5.02 Å². The minimum atomic E-state index is -3.79. The van der Waals surface area contributed by atoms with Crippen LogP contribution >= 0.6 is 34.2 Å². The van der Waals surface area contributed by atoms with E-state index in [0.717, 1.165) is 0 Å². The summed E-state index contributed by atoms with van der Waals surface area (Å²) >= 11 is 7.85. The first-order valence-electron chi connectivity index (χ1n) is 5.95. The summed E-state index contributed by atoms with van der Waals surface area (Å²) in [5.41, 5.74) is 1.16. The fourth-order valence-corrected chi connectivity index (χ4v) is 4.81. The summed E-state index contributed by atoms with van der Waals surface area (Å²) in [5.74, 6) is -0.454. The Kier molecular flexibility index (Phi) is 4.79. The Morgan fingerprint density at radius 2 is 1.71 bits per heavy atom. The summed E-state index contributed by atoms with van der Waals surface area (Å²) in [7, 11) is -3.79. The van der Waals surface area contributed by atoms with Crippen LogP contribution < -0.4 is 4.72 Å². The Balaban J connectivity index is 2.48. The van der Waals surface area contributed by atoms with E-state index in [1.807, 2.05) is 22.6 Å². The maximum atomic E-state index is 13.3. The number of rotatable bonds is 3. The predicted molar refractivity (Wildman–Crippen MR) is 90.9 cm³/mol. The normalized spacial score (nSPS) is 11.5. The second-order valence-corrected chi connectivity index (χ2v) is 7.82. The highest BCUT2D eigenvalue weighted by Crippen LogP contribution is 2.27. The first kappa shape index (κ1) is 16.5. The molecule has 0 aliphatic carbocycles. The van der Waals surface area contributed by atoms with Gasteiger partial charge in [0.1, 0.15) is 5.82 Å². The van der Waals surface area contributed by atoms with Gasteiger partial charge in [0.25, 0.3) is 10.0 Å². The van der Waals surface area contributed by atoms with E-state index in [1.54, 1.807) is 32.0 Å². The van der Waals surface area contributed by atoms with Crippen molar-refractivity contribution in [1.82, 2.24) is 0 Å². The number of nitrogens with one attached hydrogen (secondary N) is 1. The molecule has 3 nitrogen and oxygen atoms in total. The highest BCUT2D eigenvalue weighted by atomic mass is 127. The average Bonchev–Trinajstić information content (AvgIpc) is 2.30. The molecule has 0 aliphatic rings. The fourth-order valence-electron chi connectivity index (χ4n) is 2.09. The first-order valence-corrected chi connectivity index (χ1v) is 8.89. The third-order valence-corrected chi connectivity index (χ3v) is 5.67. The van der Waals surface area contributed by atoms with Gasteiger partial charge in [-0.3, -0.25) is 4.72 Å². The molecule has 0 aliphatic heterocycles. The molecule has 0 radical (unpaired) electrons. The molecule has 2 rings (SSSR count). The van der Waals surface area contributed by atoms with Crippen LogP contribution in [0, 0.1) is 23.2 Å². The molecule has 21 heavy (non-hydrogen) atoms. The summed E-state index contributed by atoms with van der Waals surface area (Å²) in [6.07, 6.45) is 0. The molecule has 0 unspecified atom stereocenters. The number of benzene rings is 2. The molecule has 0 aromatic heterocycles. The lowest BCUT2D eigenvalue weighted by Gasteiger charge is -2.14. The molecule has 1 N–H and O–H groups in total. The van der Waals surface area contributed by atoms with Crippen LogP contribution in [-0.4, -0.2) is 8.42 Å². The second-order valence-electron chi connectivity index (χ2n) is 4.60. The number of anilines is 1. The van der Waals surface area contributed by atoms with Crippen LogP contribution in [0.15, 0.2) is 35.2 Å². The number of hydrogen-bond donors (Lipinski definition) is 1. The van der Waals surface area contributed by atoms with Crippen molar-refractivity contribution in [2.24, 2.45) is 0 Å². The van der Waals surface area contributed by atoms with E-state index in [0.29, 0.717) is 25.4 Å². The fraction of sp³-hybridized carbons (Fsp3) is 0.143. The number of sulfonamides is 1. The Morgan fingerprint density at radius 1 is 1.14 bits per heavy atom. The maximum Gasteiger partial charge on any atom is 0.262 e. The van der Waals surface area contributed by atoms with Crippen LogP contribution in [0.25, 0.3) is 0 Å². The van der Waals surface area contributed by atoms with Gasteiger partial charge in [-0.15, -0.1) is 0 Å². The molecule has 2 aromatic rings. The topological polar surface area (TPSA) is 46.2 Å². The van der Waals surface area contributed by atoms with Crippen molar-refractivity contribution < 1.29 is 12.8 Å². The van der Waals surface area contributed by atoms with Crippen LogP contribution in [-0.2, 0) is 10.0 Å². The highest BCUT2D eigenvalue weighted by Gasteiger charge is 2.21. The number of halogens is 3. The van der Waals surface area contributed by atoms with E-state index in [-0.39, 0.29) is 4.90 Å². The van der Waals surface area contributed by atoms with E-state index in [4.69, 9.17) is 11.6 Å².